The quantitative estimate of drug-likeness (QED) is 0.665. The molecule has 0 radical (unpaired) electrons. The normalized spacial score (nSPS) is 14.5. The molecule has 0 aliphatic carbocycles. The fourth-order valence-electron chi connectivity index (χ4n) is 2.27. The number of rotatable bonds is 3. The first-order valence-electron chi connectivity index (χ1n) is 5.20. The van der Waals surface area contributed by atoms with E-state index >= 15 is 0 Å². The van der Waals surface area contributed by atoms with Crippen LogP contribution in [-0.2, 0) is 19.4 Å². The average molecular weight is 175 g/mol. The van der Waals surface area contributed by atoms with Crippen molar-refractivity contribution in [1.29, 1.82) is 0 Å². The van der Waals surface area contributed by atoms with Gasteiger partial charge in [0.15, 0.2) is 0 Å². The maximum atomic E-state index is 3.87. The van der Waals surface area contributed by atoms with Crippen LogP contribution in [0.1, 0.15) is 36.7 Å². The molecule has 0 atom stereocenters. The van der Waals surface area contributed by atoms with Crippen molar-refractivity contribution in [2.75, 3.05) is 0 Å². The lowest BCUT2D eigenvalue weighted by molar-refractivity contribution is 0.694. The summed E-state index contributed by atoms with van der Waals surface area (Å²) in [6, 6.07) is 2.31. The lowest BCUT2D eigenvalue weighted by Gasteiger charge is -2.05. The highest BCUT2D eigenvalue weighted by atomic mass is 15.0. The average Bonchev–Trinajstić information content (AvgIpc) is 2.67. The van der Waals surface area contributed by atoms with Crippen molar-refractivity contribution in [2.45, 2.75) is 39.2 Å². The van der Waals surface area contributed by atoms with E-state index in [1.807, 2.05) is 6.08 Å². The van der Waals surface area contributed by atoms with Crippen molar-refractivity contribution in [2.24, 2.45) is 0 Å². The Balaban J connectivity index is 2.42. The molecule has 0 amide bonds. The third kappa shape index (κ3) is 1.32. The van der Waals surface area contributed by atoms with E-state index in [1.165, 1.54) is 49.2 Å². The smallest absolute Gasteiger partial charge is 0.0249 e. The van der Waals surface area contributed by atoms with Gasteiger partial charge in [0, 0.05) is 17.9 Å². The summed E-state index contributed by atoms with van der Waals surface area (Å²) in [5, 5.41) is 0. The van der Waals surface area contributed by atoms with Crippen LogP contribution in [0.2, 0.25) is 0 Å². The topological polar surface area (TPSA) is 4.93 Å². The van der Waals surface area contributed by atoms with Crippen LogP contribution < -0.4 is 0 Å². The second-order valence-electron chi connectivity index (χ2n) is 3.75. The molecule has 1 heteroatoms. The Labute approximate surface area is 80.1 Å². The molecule has 1 nitrogen and oxygen atoms in total. The van der Waals surface area contributed by atoms with Gasteiger partial charge in [-0.1, -0.05) is 26.0 Å². The summed E-state index contributed by atoms with van der Waals surface area (Å²) in [4.78, 5) is 0. The number of aromatic nitrogens is 1. The molecule has 0 spiro atoms. The van der Waals surface area contributed by atoms with Crippen molar-refractivity contribution in [3.63, 3.8) is 0 Å². The molecule has 0 unspecified atom stereocenters. The minimum atomic E-state index is 1.20. The zero-order valence-electron chi connectivity index (χ0n) is 8.34. The van der Waals surface area contributed by atoms with E-state index < -0.39 is 0 Å². The highest BCUT2D eigenvalue weighted by Crippen LogP contribution is 2.25. The maximum absolute atomic E-state index is 3.87. The van der Waals surface area contributed by atoms with Crippen molar-refractivity contribution in [3.05, 3.63) is 29.6 Å². The number of hydrogen-bond acceptors (Lipinski definition) is 0. The minimum Gasteiger partial charge on any atom is -0.348 e. The largest absolute Gasteiger partial charge is 0.348 e. The third-order valence-electron chi connectivity index (χ3n) is 2.85. The molecule has 2 heterocycles. The van der Waals surface area contributed by atoms with Crippen molar-refractivity contribution < 1.29 is 0 Å². The van der Waals surface area contributed by atoms with E-state index in [0.29, 0.717) is 0 Å². The second kappa shape index (κ2) is 3.41. The standard InChI is InChI=1S/C12H17N/c1-3-6-12-10(4-2)9-11-7-5-8-13(11)12/h4,9H,2-3,5-8H2,1H3. The summed E-state index contributed by atoms with van der Waals surface area (Å²) >= 11 is 0. The molecular formula is C12H17N. The predicted molar refractivity (Wildman–Crippen MR) is 56.8 cm³/mol. The van der Waals surface area contributed by atoms with Gasteiger partial charge in [0.05, 0.1) is 0 Å². The highest BCUT2D eigenvalue weighted by Gasteiger charge is 2.16. The van der Waals surface area contributed by atoms with Gasteiger partial charge < -0.3 is 4.57 Å². The van der Waals surface area contributed by atoms with Crippen LogP contribution in [0.3, 0.4) is 0 Å². The van der Waals surface area contributed by atoms with Crippen molar-refractivity contribution in [3.8, 4) is 0 Å². The molecule has 70 valence electrons. The van der Waals surface area contributed by atoms with Crippen LogP contribution in [-0.4, -0.2) is 4.57 Å². The molecule has 0 fully saturated rings. The molecule has 1 aliphatic heterocycles. The van der Waals surface area contributed by atoms with Gasteiger partial charge in [-0.05, 0) is 30.9 Å². The Morgan fingerprint density at radius 3 is 3.15 bits per heavy atom. The van der Waals surface area contributed by atoms with E-state index in [-0.39, 0.29) is 0 Å². The lowest BCUT2D eigenvalue weighted by atomic mass is 10.1. The second-order valence-corrected chi connectivity index (χ2v) is 3.75. The molecule has 0 aromatic carbocycles. The molecule has 0 bridgehead atoms. The van der Waals surface area contributed by atoms with Crippen LogP contribution in [0.25, 0.3) is 6.08 Å². The van der Waals surface area contributed by atoms with Gasteiger partial charge in [-0.25, -0.2) is 0 Å². The van der Waals surface area contributed by atoms with Crippen molar-refractivity contribution >= 4 is 6.08 Å². The first-order valence-corrected chi connectivity index (χ1v) is 5.20. The third-order valence-corrected chi connectivity index (χ3v) is 2.85. The van der Waals surface area contributed by atoms with E-state index in [4.69, 9.17) is 0 Å². The number of fused-ring (bicyclic) bond motifs is 1. The van der Waals surface area contributed by atoms with Crippen LogP contribution in [0.5, 0.6) is 0 Å². The number of hydrogen-bond donors (Lipinski definition) is 0. The molecule has 1 aliphatic rings. The Morgan fingerprint density at radius 2 is 2.46 bits per heavy atom. The first-order chi connectivity index (χ1) is 6.36. The monoisotopic (exact) mass is 175 g/mol. The number of aryl methyl sites for hydroxylation is 1. The molecule has 0 saturated heterocycles. The molecule has 0 saturated carbocycles. The van der Waals surface area contributed by atoms with Gasteiger partial charge in [-0.3, -0.25) is 0 Å². The SMILES string of the molecule is C=Cc1cc2n(c1CCC)CCC2. The van der Waals surface area contributed by atoms with E-state index in [2.05, 4.69) is 24.1 Å². The minimum absolute atomic E-state index is 1.20. The van der Waals surface area contributed by atoms with Gasteiger partial charge in [-0.2, -0.15) is 0 Å². The van der Waals surface area contributed by atoms with Crippen molar-refractivity contribution in [1.82, 2.24) is 4.57 Å². The lowest BCUT2D eigenvalue weighted by Crippen LogP contribution is -2.00. The summed E-state index contributed by atoms with van der Waals surface area (Å²) in [7, 11) is 0. The molecular weight excluding hydrogens is 158 g/mol. The summed E-state index contributed by atoms with van der Waals surface area (Å²) in [5.41, 5.74) is 4.37. The van der Waals surface area contributed by atoms with Gasteiger partial charge in [0.1, 0.15) is 0 Å². The van der Waals surface area contributed by atoms with E-state index in [1.54, 1.807) is 0 Å². The van der Waals surface area contributed by atoms with Crippen LogP contribution in [0.15, 0.2) is 12.6 Å². The Hall–Kier alpha value is -0.980. The first kappa shape index (κ1) is 8.61. The highest BCUT2D eigenvalue weighted by molar-refractivity contribution is 5.52. The summed E-state index contributed by atoms with van der Waals surface area (Å²) in [6.07, 6.45) is 7.00. The predicted octanol–water partition coefficient (Wildman–Crippen LogP) is 3.03. The summed E-state index contributed by atoms with van der Waals surface area (Å²) in [6.45, 7) is 7.33. The van der Waals surface area contributed by atoms with Crippen LogP contribution in [0.4, 0.5) is 0 Å². The molecule has 1 aromatic rings. The zero-order chi connectivity index (χ0) is 9.26. The number of nitrogens with zero attached hydrogens (tertiary/aromatic N) is 1. The maximum Gasteiger partial charge on any atom is 0.0249 e. The van der Waals surface area contributed by atoms with Gasteiger partial charge in [0.2, 0.25) is 0 Å². The molecule has 1 aromatic heterocycles. The molecule has 0 N–H and O–H groups in total. The van der Waals surface area contributed by atoms with E-state index in [0.717, 1.165) is 0 Å². The van der Waals surface area contributed by atoms with Crippen LogP contribution >= 0.6 is 0 Å². The Kier molecular flexibility index (Phi) is 2.26. The fourth-order valence-corrected chi connectivity index (χ4v) is 2.27. The van der Waals surface area contributed by atoms with Gasteiger partial charge in [0.25, 0.3) is 0 Å². The molecule has 2 rings (SSSR count). The fraction of sp³-hybridized carbons (Fsp3) is 0.500. The Bertz CT molecular complexity index is 320. The summed E-state index contributed by atoms with van der Waals surface area (Å²) < 4.78 is 2.49. The van der Waals surface area contributed by atoms with Gasteiger partial charge in [-0.15, -0.1) is 0 Å². The van der Waals surface area contributed by atoms with Crippen LogP contribution in [0, 0.1) is 0 Å². The van der Waals surface area contributed by atoms with E-state index in [9.17, 15) is 0 Å². The van der Waals surface area contributed by atoms with Gasteiger partial charge >= 0.3 is 0 Å². The Morgan fingerprint density at radius 1 is 1.62 bits per heavy atom. The zero-order valence-corrected chi connectivity index (χ0v) is 8.34. The molecule has 13 heavy (non-hydrogen) atoms. The summed E-state index contributed by atoms with van der Waals surface area (Å²) in [5.74, 6) is 0.